The smallest absolute Gasteiger partial charge is 0.416 e. The maximum atomic E-state index is 13.5. The van der Waals surface area contributed by atoms with Gasteiger partial charge in [0, 0.05) is 11.7 Å². The van der Waals surface area contributed by atoms with Crippen molar-refractivity contribution in [2.45, 2.75) is 37.6 Å². The van der Waals surface area contributed by atoms with Crippen LogP contribution in [0.5, 0.6) is 5.75 Å². The van der Waals surface area contributed by atoms with Crippen LogP contribution in [-0.2, 0) is 11.0 Å². The molecule has 3 atom stereocenters. The van der Waals surface area contributed by atoms with Gasteiger partial charge in [-0.3, -0.25) is 10.1 Å². The highest BCUT2D eigenvalue weighted by atomic mass is 19.4. The quantitative estimate of drug-likeness (QED) is 0.504. The van der Waals surface area contributed by atoms with Gasteiger partial charge < -0.3 is 9.64 Å². The van der Waals surface area contributed by atoms with E-state index in [1.807, 2.05) is 61.5 Å². The summed E-state index contributed by atoms with van der Waals surface area (Å²) < 4.78 is 44.5. The summed E-state index contributed by atoms with van der Waals surface area (Å²) in [5, 5.41) is 3.41. The number of hydrogen-bond donors (Lipinski definition) is 1. The van der Waals surface area contributed by atoms with Gasteiger partial charge in [-0.2, -0.15) is 13.2 Å². The summed E-state index contributed by atoms with van der Waals surface area (Å²) in [5.41, 5.74) is 1.59. The molecule has 1 aliphatic heterocycles. The van der Waals surface area contributed by atoms with Gasteiger partial charge in [0.15, 0.2) is 0 Å². The molecule has 1 aliphatic rings. The summed E-state index contributed by atoms with van der Waals surface area (Å²) in [6.45, 7) is 1.99. The number of hydrogen-bond acceptors (Lipinski definition) is 3. The van der Waals surface area contributed by atoms with Gasteiger partial charge in [0.2, 0.25) is 5.91 Å². The molecule has 1 saturated heterocycles. The summed E-state index contributed by atoms with van der Waals surface area (Å²) in [4.78, 5) is 15.1. The lowest BCUT2D eigenvalue weighted by atomic mass is 10.0. The summed E-state index contributed by atoms with van der Waals surface area (Å²) in [6.07, 6.45) is -3.96. The fourth-order valence-electron chi connectivity index (χ4n) is 4.28. The average molecular weight is 453 g/mol. The SMILES string of the molecule is C[C@@H](N[C@@H]1C[C@H](c2cccc(O[11CH3])c2)N(c2ccc(C(F)(F)F)cc2)C1=O)c1ccccc1. The fraction of sp³-hybridized carbons (Fsp3) is 0.269. The fourth-order valence-corrected chi connectivity index (χ4v) is 4.28. The number of methoxy groups -OCH3 is 1. The van der Waals surface area contributed by atoms with Crippen LogP contribution in [0.1, 0.15) is 42.1 Å². The Bertz CT molecular complexity index is 1100. The number of carbonyl (C=O) groups is 1. The molecule has 172 valence electrons. The third-order valence-electron chi connectivity index (χ3n) is 6.01. The van der Waals surface area contributed by atoms with E-state index < -0.39 is 17.8 Å². The third kappa shape index (κ3) is 4.88. The number of anilines is 1. The van der Waals surface area contributed by atoms with Crippen LogP contribution in [0.2, 0.25) is 0 Å². The van der Waals surface area contributed by atoms with E-state index in [4.69, 9.17) is 4.74 Å². The van der Waals surface area contributed by atoms with E-state index in [2.05, 4.69) is 5.32 Å². The van der Waals surface area contributed by atoms with Crippen molar-refractivity contribution in [1.82, 2.24) is 5.32 Å². The number of halogens is 3. The van der Waals surface area contributed by atoms with Crippen molar-refractivity contribution < 1.29 is 22.7 Å². The predicted molar refractivity (Wildman–Crippen MR) is 121 cm³/mol. The van der Waals surface area contributed by atoms with Crippen LogP contribution in [0.3, 0.4) is 0 Å². The summed E-state index contributed by atoms with van der Waals surface area (Å²) in [6, 6.07) is 21.1. The first kappa shape index (κ1) is 22.9. The van der Waals surface area contributed by atoms with Crippen LogP contribution in [0.15, 0.2) is 78.9 Å². The van der Waals surface area contributed by atoms with Crippen molar-refractivity contribution >= 4 is 11.6 Å². The van der Waals surface area contributed by atoms with Crippen LogP contribution in [0.25, 0.3) is 0 Å². The van der Waals surface area contributed by atoms with E-state index in [0.29, 0.717) is 17.9 Å². The zero-order chi connectivity index (χ0) is 23.6. The Morgan fingerprint density at radius 3 is 2.33 bits per heavy atom. The second kappa shape index (κ2) is 9.27. The van der Waals surface area contributed by atoms with Gasteiger partial charge in [-0.1, -0.05) is 42.5 Å². The molecule has 1 amide bonds. The molecular formula is C26H25F3N2O2. The molecule has 3 aromatic rings. The lowest BCUT2D eigenvalue weighted by Crippen LogP contribution is -2.39. The minimum atomic E-state index is -4.44. The van der Waals surface area contributed by atoms with E-state index in [0.717, 1.165) is 23.3 Å². The van der Waals surface area contributed by atoms with Crippen molar-refractivity contribution in [3.8, 4) is 5.75 Å². The summed E-state index contributed by atoms with van der Waals surface area (Å²) in [7, 11) is 1.57. The van der Waals surface area contributed by atoms with Gasteiger partial charge in [-0.15, -0.1) is 0 Å². The first-order valence-electron chi connectivity index (χ1n) is 10.7. The van der Waals surface area contributed by atoms with E-state index in [1.165, 1.54) is 12.1 Å². The van der Waals surface area contributed by atoms with Crippen LogP contribution >= 0.6 is 0 Å². The van der Waals surface area contributed by atoms with Gasteiger partial charge in [0.1, 0.15) is 5.75 Å². The second-order valence-electron chi connectivity index (χ2n) is 8.13. The standard InChI is InChI=1S/C26H25F3N2O2/c1-17(18-7-4-3-5-8-18)30-23-16-24(19-9-6-10-22(15-19)33-2)31(25(23)32)21-13-11-20(12-14-21)26(27,28)29/h3-15,17,23-24,30H,16H2,1-2H3/t17-,23-,24-/m1/s1/i2-1. The minimum Gasteiger partial charge on any atom is -0.497 e. The molecular weight excluding hydrogens is 428 g/mol. The van der Waals surface area contributed by atoms with Crippen molar-refractivity contribution in [1.29, 1.82) is 0 Å². The van der Waals surface area contributed by atoms with Gasteiger partial charge in [-0.05, 0) is 60.9 Å². The molecule has 0 aromatic heterocycles. The number of alkyl halides is 3. The molecule has 3 aromatic carbocycles. The normalized spacial score (nSPS) is 19.5. The van der Waals surface area contributed by atoms with Gasteiger partial charge in [-0.25, -0.2) is 0 Å². The van der Waals surface area contributed by atoms with Crippen LogP contribution in [0, 0.1) is 0 Å². The molecule has 1 heterocycles. The lowest BCUT2D eigenvalue weighted by molar-refractivity contribution is -0.137. The average Bonchev–Trinajstić information content (AvgIpc) is 3.15. The van der Waals surface area contributed by atoms with E-state index in [1.54, 1.807) is 12.0 Å². The molecule has 0 unspecified atom stereocenters. The Morgan fingerprint density at radius 1 is 1.00 bits per heavy atom. The lowest BCUT2D eigenvalue weighted by Gasteiger charge is -2.26. The molecule has 7 heteroatoms. The predicted octanol–water partition coefficient (Wildman–Crippen LogP) is 5.91. The topological polar surface area (TPSA) is 41.6 Å². The Hall–Kier alpha value is -3.32. The third-order valence-corrected chi connectivity index (χ3v) is 6.01. The van der Waals surface area contributed by atoms with E-state index in [9.17, 15) is 18.0 Å². The highest BCUT2D eigenvalue weighted by molar-refractivity contribution is 6.00. The Balaban J connectivity index is 1.67. The number of carbonyl (C=O) groups excluding carboxylic acids is 1. The maximum Gasteiger partial charge on any atom is 0.416 e. The number of benzene rings is 3. The largest absolute Gasteiger partial charge is 0.497 e. The van der Waals surface area contributed by atoms with Crippen molar-refractivity contribution in [2.24, 2.45) is 0 Å². The molecule has 0 aliphatic carbocycles. The number of rotatable bonds is 6. The monoisotopic (exact) mass is 453 g/mol. The molecule has 4 rings (SSSR count). The summed E-state index contributed by atoms with van der Waals surface area (Å²) >= 11 is 0. The molecule has 0 bridgehead atoms. The Labute approximate surface area is 191 Å². The minimum absolute atomic E-state index is 0.0707. The van der Waals surface area contributed by atoms with E-state index in [-0.39, 0.29) is 18.0 Å². The Kier molecular flexibility index (Phi) is 6.42. The summed E-state index contributed by atoms with van der Waals surface area (Å²) in [5.74, 6) is 0.478. The number of ether oxygens (including phenoxy) is 1. The molecule has 0 saturated carbocycles. The molecule has 1 N–H and O–H groups in total. The molecule has 1 fully saturated rings. The van der Waals surface area contributed by atoms with Crippen LogP contribution in [0.4, 0.5) is 18.9 Å². The second-order valence-corrected chi connectivity index (χ2v) is 8.13. The molecule has 0 radical (unpaired) electrons. The molecule has 0 spiro atoms. The van der Waals surface area contributed by atoms with Crippen molar-refractivity contribution in [3.05, 3.63) is 95.6 Å². The van der Waals surface area contributed by atoms with E-state index >= 15 is 0 Å². The van der Waals surface area contributed by atoms with Gasteiger partial charge >= 0.3 is 6.18 Å². The van der Waals surface area contributed by atoms with Crippen LogP contribution < -0.4 is 15.0 Å². The molecule has 4 nitrogen and oxygen atoms in total. The number of nitrogens with zero attached hydrogens (tertiary/aromatic N) is 1. The van der Waals surface area contributed by atoms with Crippen molar-refractivity contribution in [2.75, 3.05) is 12.0 Å². The first-order chi connectivity index (χ1) is 15.8. The zero-order valence-corrected chi connectivity index (χ0v) is 18.3. The van der Waals surface area contributed by atoms with Gasteiger partial charge in [0.05, 0.1) is 24.8 Å². The maximum absolute atomic E-state index is 13.5. The van der Waals surface area contributed by atoms with Crippen molar-refractivity contribution in [3.63, 3.8) is 0 Å². The highest BCUT2D eigenvalue weighted by Gasteiger charge is 2.42. The first-order valence-corrected chi connectivity index (χ1v) is 10.7. The zero-order valence-electron chi connectivity index (χ0n) is 18.3. The molecule has 33 heavy (non-hydrogen) atoms. The Morgan fingerprint density at radius 2 is 1.70 bits per heavy atom. The highest BCUT2D eigenvalue weighted by Crippen LogP contribution is 2.40. The number of amides is 1. The number of nitrogens with one attached hydrogen (secondary N) is 1. The van der Waals surface area contributed by atoms with Crippen LogP contribution in [-0.4, -0.2) is 19.1 Å². The van der Waals surface area contributed by atoms with Gasteiger partial charge in [0.25, 0.3) is 0 Å².